The van der Waals surface area contributed by atoms with E-state index in [1.807, 2.05) is 49.4 Å². The summed E-state index contributed by atoms with van der Waals surface area (Å²) >= 11 is 0. The van der Waals surface area contributed by atoms with Crippen molar-refractivity contribution in [2.45, 2.75) is 71.9 Å². The fraction of sp³-hybridized carbons (Fsp3) is 0.375. The maximum Gasteiger partial charge on any atom is 0.514 e. The Hall–Kier alpha value is -5.65. The summed E-state index contributed by atoms with van der Waals surface area (Å²) < 4.78 is 14.9. The number of aryl methyl sites for hydroxylation is 2. The summed E-state index contributed by atoms with van der Waals surface area (Å²) in [7, 11) is 1.22. The number of aromatic nitrogens is 1. The standard InChI is InChI=1S/C33H42N4O8.C7H8/c1-6-17-37(29(39)16-13-22-11-14-24(15-12-22)44-32(42)45-33(2,3)4)21-28(38)36-27(31(41)35-20-30(40)43-5)18-23-19-34-26-10-8-7-9-25(23)26;1-7-5-3-2-4-6-7/h7-12,14-15,19,27,34H,6,13,16-18,20-21H2,1-5H3,(H,35,41)(H,36,38);2-6H,1H3. The quantitative estimate of drug-likeness (QED) is 0.112. The van der Waals surface area contributed by atoms with E-state index in [0.717, 1.165) is 22.0 Å². The lowest BCUT2D eigenvalue weighted by atomic mass is 10.0. The van der Waals surface area contributed by atoms with Crippen molar-refractivity contribution < 1.29 is 38.2 Å². The zero-order valence-corrected chi connectivity index (χ0v) is 30.8. The third-order valence-electron chi connectivity index (χ3n) is 7.65. The Bertz CT molecular complexity index is 1760. The molecule has 52 heavy (non-hydrogen) atoms. The number of aromatic amines is 1. The van der Waals surface area contributed by atoms with Gasteiger partial charge < -0.3 is 34.7 Å². The molecule has 278 valence electrons. The normalized spacial score (nSPS) is 11.3. The Morgan fingerprint density at radius 2 is 1.58 bits per heavy atom. The molecule has 3 amide bonds. The second kappa shape index (κ2) is 20.3. The Morgan fingerprint density at radius 1 is 0.904 bits per heavy atom. The number of methoxy groups -OCH3 is 1. The fourth-order valence-electron chi connectivity index (χ4n) is 5.09. The minimum Gasteiger partial charge on any atom is -0.468 e. The van der Waals surface area contributed by atoms with Crippen molar-refractivity contribution >= 4 is 40.7 Å². The third kappa shape index (κ3) is 14.3. The minimum atomic E-state index is -0.999. The third-order valence-corrected chi connectivity index (χ3v) is 7.65. The monoisotopic (exact) mass is 714 g/mol. The minimum absolute atomic E-state index is 0.151. The van der Waals surface area contributed by atoms with Gasteiger partial charge in [0.15, 0.2) is 0 Å². The molecular weight excluding hydrogens is 664 g/mol. The molecule has 4 rings (SSSR count). The number of hydrogen-bond acceptors (Lipinski definition) is 8. The van der Waals surface area contributed by atoms with Crippen molar-refractivity contribution in [2.24, 2.45) is 0 Å². The van der Waals surface area contributed by atoms with Crippen LogP contribution in [0.25, 0.3) is 10.9 Å². The molecule has 0 aliphatic rings. The number of rotatable bonds is 14. The first kappa shape index (κ1) is 40.8. The number of amides is 3. The smallest absolute Gasteiger partial charge is 0.468 e. The summed E-state index contributed by atoms with van der Waals surface area (Å²) in [5, 5.41) is 6.17. The second-order valence-corrected chi connectivity index (χ2v) is 13.2. The van der Waals surface area contributed by atoms with E-state index in [2.05, 4.69) is 39.4 Å². The number of esters is 1. The van der Waals surface area contributed by atoms with E-state index in [1.165, 1.54) is 17.6 Å². The van der Waals surface area contributed by atoms with Gasteiger partial charge in [-0.1, -0.05) is 73.2 Å². The molecule has 3 aromatic carbocycles. The average Bonchev–Trinajstić information content (AvgIpc) is 3.51. The largest absolute Gasteiger partial charge is 0.514 e. The summed E-state index contributed by atoms with van der Waals surface area (Å²) in [5.74, 6) is -1.57. The first-order chi connectivity index (χ1) is 24.8. The average molecular weight is 715 g/mol. The van der Waals surface area contributed by atoms with Crippen LogP contribution in [0.15, 0.2) is 85.1 Å². The van der Waals surface area contributed by atoms with Crippen LogP contribution < -0.4 is 15.4 Å². The molecule has 0 aliphatic carbocycles. The van der Waals surface area contributed by atoms with Crippen LogP contribution in [-0.2, 0) is 41.5 Å². The van der Waals surface area contributed by atoms with Crippen LogP contribution in [0.5, 0.6) is 5.75 Å². The zero-order valence-electron chi connectivity index (χ0n) is 30.8. The summed E-state index contributed by atoms with van der Waals surface area (Å²) in [5.41, 5.74) is 3.20. The Kier molecular flexibility index (Phi) is 15.9. The molecular formula is C40H50N4O8. The van der Waals surface area contributed by atoms with Gasteiger partial charge in [-0.2, -0.15) is 0 Å². The lowest BCUT2D eigenvalue weighted by Crippen LogP contribution is -2.52. The number of para-hydroxylation sites is 1. The highest BCUT2D eigenvalue weighted by Gasteiger charge is 2.25. The molecule has 0 aliphatic heterocycles. The van der Waals surface area contributed by atoms with E-state index < -0.39 is 35.6 Å². The predicted octanol–water partition coefficient (Wildman–Crippen LogP) is 5.66. The van der Waals surface area contributed by atoms with Gasteiger partial charge in [0.1, 0.15) is 23.9 Å². The fourth-order valence-corrected chi connectivity index (χ4v) is 5.09. The van der Waals surface area contributed by atoms with Gasteiger partial charge in [0.05, 0.1) is 13.7 Å². The van der Waals surface area contributed by atoms with E-state index in [-0.39, 0.29) is 31.8 Å². The van der Waals surface area contributed by atoms with E-state index in [4.69, 9.17) is 9.47 Å². The van der Waals surface area contributed by atoms with Gasteiger partial charge >= 0.3 is 12.1 Å². The molecule has 0 saturated heterocycles. The van der Waals surface area contributed by atoms with Crippen molar-refractivity contribution in [2.75, 3.05) is 26.7 Å². The summed E-state index contributed by atoms with van der Waals surface area (Å²) in [6.07, 6.45) is 2.33. The molecule has 0 bridgehead atoms. The highest BCUT2D eigenvalue weighted by Crippen LogP contribution is 2.20. The number of carbonyl (C=O) groups excluding carboxylic acids is 5. The SMILES string of the molecule is CCCN(CC(=O)NC(Cc1c[nH]c2ccccc12)C(=O)NCC(=O)OC)C(=O)CCc1ccc(OC(=O)OC(C)(C)C)cc1.Cc1ccccc1. The Balaban J connectivity index is 0.000000927. The number of ether oxygens (including phenoxy) is 3. The molecule has 0 fully saturated rings. The van der Waals surface area contributed by atoms with Crippen LogP contribution in [0.2, 0.25) is 0 Å². The number of H-pyrrole nitrogens is 1. The molecule has 1 atom stereocenters. The number of benzene rings is 3. The maximum atomic E-state index is 13.2. The van der Waals surface area contributed by atoms with Gasteiger partial charge in [-0.25, -0.2) is 4.79 Å². The molecule has 12 heteroatoms. The van der Waals surface area contributed by atoms with Crippen molar-refractivity contribution in [1.29, 1.82) is 0 Å². The van der Waals surface area contributed by atoms with Crippen molar-refractivity contribution in [3.8, 4) is 5.75 Å². The molecule has 12 nitrogen and oxygen atoms in total. The summed E-state index contributed by atoms with van der Waals surface area (Å²) in [6, 6.07) is 23.6. The highest BCUT2D eigenvalue weighted by atomic mass is 16.7. The summed E-state index contributed by atoms with van der Waals surface area (Å²) in [4.78, 5) is 67.5. The Labute approximate surface area is 305 Å². The predicted molar refractivity (Wildman–Crippen MR) is 199 cm³/mol. The second-order valence-electron chi connectivity index (χ2n) is 13.2. The topological polar surface area (TPSA) is 156 Å². The van der Waals surface area contributed by atoms with E-state index in [9.17, 15) is 24.0 Å². The number of carbonyl (C=O) groups is 5. The van der Waals surface area contributed by atoms with Crippen molar-refractivity contribution in [1.82, 2.24) is 20.5 Å². The first-order valence-electron chi connectivity index (χ1n) is 17.3. The maximum absolute atomic E-state index is 13.2. The molecule has 0 spiro atoms. The van der Waals surface area contributed by atoms with Crippen LogP contribution in [0, 0.1) is 6.92 Å². The number of hydrogen-bond donors (Lipinski definition) is 3. The molecule has 1 heterocycles. The lowest BCUT2D eigenvalue weighted by Gasteiger charge is -2.24. The highest BCUT2D eigenvalue weighted by molar-refractivity contribution is 5.92. The van der Waals surface area contributed by atoms with Gasteiger partial charge in [-0.3, -0.25) is 19.2 Å². The van der Waals surface area contributed by atoms with E-state index in [1.54, 1.807) is 51.2 Å². The van der Waals surface area contributed by atoms with Gasteiger partial charge in [0, 0.05) is 36.5 Å². The molecule has 4 aromatic rings. The van der Waals surface area contributed by atoms with Crippen LogP contribution in [-0.4, -0.2) is 78.1 Å². The van der Waals surface area contributed by atoms with Gasteiger partial charge in [-0.05, 0) is 69.9 Å². The van der Waals surface area contributed by atoms with Crippen molar-refractivity contribution in [3.63, 3.8) is 0 Å². The van der Waals surface area contributed by atoms with Crippen LogP contribution >= 0.6 is 0 Å². The van der Waals surface area contributed by atoms with Crippen LogP contribution in [0.1, 0.15) is 57.2 Å². The van der Waals surface area contributed by atoms with Gasteiger partial charge in [0.25, 0.3) is 0 Å². The number of nitrogens with one attached hydrogen (secondary N) is 3. The van der Waals surface area contributed by atoms with Gasteiger partial charge in [0.2, 0.25) is 17.7 Å². The molecule has 1 unspecified atom stereocenters. The van der Waals surface area contributed by atoms with Crippen LogP contribution in [0.4, 0.5) is 4.79 Å². The number of fused-ring (bicyclic) bond motifs is 1. The lowest BCUT2D eigenvalue weighted by molar-refractivity contribution is -0.141. The molecule has 0 saturated carbocycles. The Morgan fingerprint density at radius 3 is 2.19 bits per heavy atom. The zero-order chi connectivity index (χ0) is 38.1. The van der Waals surface area contributed by atoms with E-state index in [0.29, 0.717) is 25.1 Å². The summed E-state index contributed by atoms with van der Waals surface area (Å²) in [6.45, 7) is 9.00. The first-order valence-corrected chi connectivity index (χ1v) is 17.3. The van der Waals surface area contributed by atoms with Crippen molar-refractivity contribution in [3.05, 3.63) is 102 Å². The van der Waals surface area contributed by atoms with E-state index >= 15 is 0 Å². The van der Waals surface area contributed by atoms with Crippen LogP contribution in [0.3, 0.4) is 0 Å². The number of nitrogens with zero attached hydrogens (tertiary/aromatic N) is 1. The molecule has 1 aromatic heterocycles. The molecule has 3 N–H and O–H groups in total. The molecule has 0 radical (unpaired) electrons. The van der Waals surface area contributed by atoms with Gasteiger partial charge in [-0.15, -0.1) is 0 Å².